The van der Waals surface area contributed by atoms with Crippen LogP contribution in [-0.2, 0) is 15.6 Å². The Balaban J connectivity index is 0.00000243. The molecule has 0 unspecified atom stereocenters. The van der Waals surface area contributed by atoms with E-state index in [0.717, 1.165) is 19.3 Å². The first-order valence-corrected chi connectivity index (χ1v) is 10.1. The third kappa shape index (κ3) is 3.61. The second-order valence-electron chi connectivity index (χ2n) is 6.17. The topological polar surface area (TPSA) is 102 Å². The molecule has 0 atom stereocenters. The van der Waals surface area contributed by atoms with Crippen LogP contribution < -0.4 is 5.73 Å². The van der Waals surface area contributed by atoms with Crippen LogP contribution in [0.2, 0.25) is 5.02 Å². The van der Waals surface area contributed by atoms with E-state index in [0.29, 0.717) is 24.5 Å². The van der Waals surface area contributed by atoms with Gasteiger partial charge in [0.05, 0.1) is 10.6 Å². The summed E-state index contributed by atoms with van der Waals surface area (Å²) in [5, 5.41) is 4.12. The maximum absolute atomic E-state index is 12.8. The van der Waals surface area contributed by atoms with Gasteiger partial charge in [-0.2, -0.15) is 9.29 Å². The van der Waals surface area contributed by atoms with Gasteiger partial charge in [0.15, 0.2) is 5.82 Å². The maximum atomic E-state index is 12.8. The number of nitrogens with two attached hydrogens (primary N) is 1. The van der Waals surface area contributed by atoms with Crippen molar-refractivity contribution in [1.29, 1.82) is 0 Å². The quantitative estimate of drug-likeness (QED) is 0.769. The molecule has 1 aromatic heterocycles. The van der Waals surface area contributed by atoms with E-state index in [4.69, 9.17) is 21.9 Å². The van der Waals surface area contributed by atoms with Gasteiger partial charge in [0.2, 0.25) is 10.0 Å². The maximum Gasteiger partial charge on any atom is 0.258 e. The molecule has 2 aromatic rings. The van der Waals surface area contributed by atoms with Crippen molar-refractivity contribution in [2.24, 2.45) is 5.73 Å². The van der Waals surface area contributed by atoms with Crippen molar-refractivity contribution in [3.63, 3.8) is 0 Å². The summed E-state index contributed by atoms with van der Waals surface area (Å²) in [5.41, 5.74) is 6.17. The predicted octanol–water partition coefficient (Wildman–Crippen LogP) is 3.18. The van der Waals surface area contributed by atoms with Gasteiger partial charge in [-0.3, -0.25) is 0 Å². The molecule has 26 heavy (non-hydrogen) atoms. The Kier molecular flexibility index (Phi) is 6.35. The van der Waals surface area contributed by atoms with Crippen LogP contribution >= 0.6 is 24.0 Å². The largest absolute Gasteiger partial charge is 0.334 e. The molecule has 7 nitrogen and oxygen atoms in total. The Morgan fingerprint density at radius 3 is 2.50 bits per heavy atom. The first-order chi connectivity index (χ1) is 11.8. The first-order valence-electron chi connectivity index (χ1n) is 8.25. The van der Waals surface area contributed by atoms with Gasteiger partial charge in [-0.15, -0.1) is 12.4 Å². The summed E-state index contributed by atoms with van der Waals surface area (Å²) in [5.74, 6) is 0.691. The number of nitrogens with zero attached hydrogens (tertiary/aromatic N) is 3. The van der Waals surface area contributed by atoms with E-state index < -0.39 is 15.6 Å². The van der Waals surface area contributed by atoms with Crippen molar-refractivity contribution >= 4 is 34.0 Å². The van der Waals surface area contributed by atoms with Crippen molar-refractivity contribution < 1.29 is 12.9 Å². The molecule has 1 heterocycles. The van der Waals surface area contributed by atoms with Crippen LogP contribution in [0.3, 0.4) is 0 Å². The highest BCUT2D eigenvalue weighted by molar-refractivity contribution is 7.89. The molecule has 1 fully saturated rings. The molecule has 0 spiro atoms. The standard InChI is InChI=1S/C16H21ClN4O3S.ClH/c1-3-21(4-2)25(22,23)13-10-11(6-7-12(13)17)14-19-15(20-24-14)16(18)8-5-9-16;/h6-7,10H,3-5,8-9,18H2,1-2H3;1H. The molecule has 1 aliphatic carbocycles. The average molecular weight is 421 g/mol. The molecule has 144 valence electrons. The van der Waals surface area contributed by atoms with Gasteiger partial charge in [-0.05, 0) is 37.5 Å². The Labute approximate surface area is 164 Å². The van der Waals surface area contributed by atoms with Crippen LogP contribution in [0.1, 0.15) is 38.9 Å². The molecule has 0 aliphatic heterocycles. The van der Waals surface area contributed by atoms with Crippen LogP contribution in [0, 0.1) is 0 Å². The van der Waals surface area contributed by atoms with E-state index in [9.17, 15) is 8.42 Å². The van der Waals surface area contributed by atoms with Gasteiger partial charge in [0.25, 0.3) is 5.89 Å². The van der Waals surface area contributed by atoms with E-state index in [1.807, 2.05) is 0 Å². The molecule has 0 bridgehead atoms. The zero-order valence-corrected chi connectivity index (χ0v) is 17.0. The van der Waals surface area contributed by atoms with Crippen LogP contribution in [0.15, 0.2) is 27.6 Å². The summed E-state index contributed by atoms with van der Waals surface area (Å²) in [6, 6.07) is 4.65. The molecule has 1 aliphatic rings. The molecule has 0 saturated heterocycles. The summed E-state index contributed by atoms with van der Waals surface area (Å²) in [6.07, 6.45) is 2.66. The third-order valence-corrected chi connectivity index (χ3v) is 7.15. The molecule has 0 radical (unpaired) electrons. The van der Waals surface area contributed by atoms with Crippen LogP contribution in [0.5, 0.6) is 0 Å². The number of rotatable bonds is 6. The smallest absolute Gasteiger partial charge is 0.258 e. The summed E-state index contributed by atoms with van der Waals surface area (Å²) in [6.45, 7) is 4.28. The van der Waals surface area contributed by atoms with E-state index in [1.165, 1.54) is 16.4 Å². The van der Waals surface area contributed by atoms with Gasteiger partial charge in [-0.1, -0.05) is 30.6 Å². The summed E-state index contributed by atoms with van der Waals surface area (Å²) in [4.78, 5) is 4.39. The van der Waals surface area contributed by atoms with E-state index in [-0.39, 0.29) is 28.2 Å². The fraction of sp³-hybridized carbons (Fsp3) is 0.500. The minimum atomic E-state index is -3.69. The summed E-state index contributed by atoms with van der Waals surface area (Å²) >= 11 is 6.14. The molecule has 2 N–H and O–H groups in total. The molecule has 1 aromatic carbocycles. The molecular weight excluding hydrogens is 399 g/mol. The number of sulfonamides is 1. The first kappa shape index (κ1) is 21.1. The number of hydrogen-bond acceptors (Lipinski definition) is 6. The predicted molar refractivity (Wildman–Crippen MR) is 102 cm³/mol. The molecule has 0 amide bonds. The van der Waals surface area contributed by atoms with Crippen molar-refractivity contribution in [2.75, 3.05) is 13.1 Å². The lowest BCUT2D eigenvalue weighted by Gasteiger charge is -2.34. The van der Waals surface area contributed by atoms with Crippen molar-refractivity contribution in [3.8, 4) is 11.5 Å². The number of benzene rings is 1. The van der Waals surface area contributed by atoms with E-state index in [2.05, 4.69) is 10.1 Å². The lowest BCUT2D eigenvalue weighted by molar-refractivity contribution is 0.229. The van der Waals surface area contributed by atoms with Crippen LogP contribution in [0.25, 0.3) is 11.5 Å². The second kappa shape index (κ2) is 7.82. The third-order valence-electron chi connectivity index (χ3n) is 4.62. The zero-order chi connectivity index (χ0) is 18.2. The van der Waals surface area contributed by atoms with Crippen molar-refractivity contribution in [2.45, 2.75) is 43.5 Å². The van der Waals surface area contributed by atoms with Crippen molar-refractivity contribution in [3.05, 3.63) is 29.0 Å². The lowest BCUT2D eigenvalue weighted by atomic mass is 9.77. The minimum Gasteiger partial charge on any atom is -0.334 e. The number of hydrogen-bond donors (Lipinski definition) is 1. The normalized spacial score (nSPS) is 16.2. The summed E-state index contributed by atoms with van der Waals surface area (Å²) in [7, 11) is -3.69. The van der Waals surface area contributed by atoms with Gasteiger partial charge in [0, 0.05) is 18.7 Å². The molecule has 3 rings (SSSR count). The molecule has 1 saturated carbocycles. The van der Waals surface area contributed by atoms with Crippen LogP contribution in [-0.4, -0.2) is 36.0 Å². The number of halogens is 2. The summed E-state index contributed by atoms with van der Waals surface area (Å²) < 4.78 is 32.2. The fourth-order valence-corrected chi connectivity index (χ4v) is 4.82. The van der Waals surface area contributed by atoms with E-state index >= 15 is 0 Å². The van der Waals surface area contributed by atoms with E-state index in [1.54, 1.807) is 19.9 Å². The Morgan fingerprint density at radius 1 is 1.31 bits per heavy atom. The van der Waals surface area contributed by atoms with Crippen LogP contribution in [0.4, 0.5) is 0 Å². The SMILES string of the molecule is CCN(CC)S(=O)(=O)c1cc(-c2nc(C3(N)CCC3)no2)ccc1Cl.Cl. The highest BCUT2D eigenvalue weighted by Crippen LogP contribution is 2.38. The van der Waals surface area contributed by atoms with Crippen molar-refractivity contribution in [1.82, 2.24) is 14.4 Å². The van der Waals surface area contributed by atoms with Gasteiger partial charge in [0.1, 0.15) is 4.90 Å². The Hall–Kier alpha value is -1.19. The molecular formula is C16H22Cl2N4O3S. The monoisotopic (exact) mass is 420 g/mol. The minimum absolute atomic E-state index is 0. The van der Waals surface area contributed by atoms with Gasteiger partial charge in [-0.25, -0.2) is 8.42 Å². The second-order valence-corrected chi connectivity index (χ2v) is 8.48. The Morgan fingerprint density at radius 2 is 1.96 bits per heavy atom. The highest BCUT2D eigenvalue weighted by Gasteiger charge is 2.39. The van der Waals surface area contributed by atoms with Gasteiger partial charge >= 0.3 is 0 Å². The average Bonchev–Trinajstić information content (AvgIpc) is 3.04. The zero-order valence-electron chi connectivity index (χ0n) is 14.6. The van der Waals surface area contributed by atoms with Gasteiger partial charge < -0.3 is 10.3 Å². The molecule has 10 heteroatoms. The fourth-order valence-electron chi connectivity index (χ4n) is 2.86. The Bertz CT molecular complexity index is 877. The highest BCUT2D eigenvalue weighted by atomic mass is 35.5. The lowest BCUT2D eigenvalue weighted by Crippen LogP contribution is -2.44. The number of aromatic nitrogens is 2.